The zero-order chi connectivity index (χ0) is 21.6. The highest BCUT2D eigenvalue weighted by atomic mass is 16.7. The smallest absolute Gasteiger partial charge is 0.330 e. The molecule has 7 N–H and O–H groups in total. The molecular weight excluding hydrogens is 392 g/mol. The van der Waals surface area contributed by atoms with Crippen LogP contribution >= 0.6 is 0 Å². The van der Waals surface area contributed by atoms with Gasteiger partial charge >= 0.3 is 5.97 Å². The first-order valence-corrected chi connectivity index (χ1v) is 8.70. The van der Waals surface area contributed by atoms with Crippen LogP contribution in [0.4, 0.5) is 0 Å². The number of phenolic OH excluding ortho intramolecular Hbond substituents is 2. The molecule has 0 saturated carbocycles. The second kappa shape index (κ2) is 10.5. The molecule has 0 bridgehead atoms. The highest BCUT2D eigenvalue weighted by Gasteiger charge is 2.44. The van der Waals surface area contributed by atoms with Gasteiger partial charge in [0.2, 0.25) is 0 Å². The lowest BCUT2D eigenvalue weighted by atomic mass is 9.99. The van der Waals surface area contributed by atoms with Gasteiger partial charge in [-0.1, -0.05) is 6.07 Å². The van der Waals surface area contributed by atoms with E-state index in [4.69, 9.17) is 19.3 Å². The first kappa shape index (κ1) is 23.0. The third-order valence-corrected chi connectivity index (χ3v) is 4.13. The van der Waals surface area contributed by atoms with E-state index in [1.807, 2.05) is 0 Å². The van der Waals surface area contributed by atoms with Crippen molar-refractivity contribution in [1.82, 2.24) is 0 Å². The third-order valence-electron chi connectivity index (χ3n) is 4.13. The van der Waals surface area contributed by atoms with Gasteiger partial charge in [-0.05, 0) is 23.8 Å². The van der Waals surface area contributed by atoms with Crippen LogP contribution in [0.25, 0.3) is 6.08 Å². The maximum absolute atomic E-state index is 11.7. The van der Waals surface area contributed by atoms with Crippen LogP contribution in [0.15, 0.2) is 24.3 Å². The quantitative estimate of drug-likeness (QED) is 0.139. The zero-order valence-corrected chi connectivity index (χ0v) is 15.2. The normalized spacial score (nSPS) is 28.4. The van der Waals surface area contributed by atoms with Gasteiger partial charge in [-0.3, -0.25) is 0 Å². The van der Waals surface area contributed by atoms with Gasteiger partial charge in [-0.2, -0.15) is 0 Å². The molecule has 1 aromatic rings. The lowest BCUT2D eigenvalue weighted by Crippen LogP contribution is -2.59. The molecule has 11 heteroatoms. The van der Waals surface area contributed by atoms with E-state index in [9.17, 15) is 35.4 Å². The van der Waals surface area contributed by atoms with E-state index in [2.05, 4.69) is 0 Å². The topological polar surface area (TPSA) is 186 Å². The summed E-state index contributed by atoms with van der Waals surface area (Å²) in [6.45, 7) is -1.48. The van der Waals surface area contributed by atoms with Crippen LogP contribution in [0.3, 0.4) is 0 Å². The summed E-state index contributed by atoms with van der Waals surface area (Å²) in [7, 11) is 0. The van der Waals surface area contributed by atoms with Crippen LogP contribution < -0.4 is 0 Å². The van der Waals surface area contributed by atoms with Crippen molar-refractivity contribution in [3.05, 3.63) is 29.8 Å². The molecule has 11 nitrogen and oxygen atoms in total. The van der Waals surface area contributed by atoms with E-state index in [0.29, 0.717) is 5.56 Å². The predicted molar refractivity (Wildman–Crippen MR) is 95.5 cm³/mol. The number of ether oxygens (including phenoxy) is 3. The largest absolute Gasteiger partial charge is 0.504 e. The van der Waals surface area contributed by atoms with Gasteiger partial charge in [-0.25, -0.2) is 4.79 Å². The fraction of sp³-hybridized carbons (Fsp3) is 0.500. The van der Waals surface area contributed by atoms with Crippen LogP contribution in [0.1, 0.15) is 5.56 Å². The van der Waals surface area contributed by atoms with Crippen LogP contribution in [0, 0.1) is 0 Å². The van der Waals surface area contributed by atoms with E-state index < -0.39 is 62.6 Å². The molecular formula is C18H24O11. The molecule has 6 atom stereocenters. The van der Waals surface area contributed by atoms with E-state index in [1.54, 1.807) is 0 Å². The standard InChI is InChI=1S/C18H24O11/c19-6-13-15(24)16(25)17(26)18(29-13)28-8-10(20)7-27-14(23)4-2-9-1-3-11(21)12(22)5-9/h1-5,10,13,15-22,24-26H,6-8H2/b4-2+/t10-,13-,15-,16+,17-,18-/m0/s1. The Balaban J connectivity index is 1.76. The first-order chi connectivity index (χ1) is 13.7. The van der Waals surface area contributed by atoms with Crippen LogP contribution in [0.2, 0.25) is 0 Å². The minimum absolute atomic E-state index is 0.299. The van der Waals surface area contributed by atoms with Gasteiger partial charge in [-0.15, -0.1) is 0 Å². The lowest BCUT2D eigenvalue weighted by molar-refractivity contribution is -0.304. The SMILES string of the molecule is O=C(/C=C/c1ccc(O)c(O)c1)OC[C@H](O)CO[C@H]1O[C@@H](CO)[C@H](O)[C@@H](O)[C@@H]1O. The molecule has 0 spiro atoms. The lowest BCUT2D eigenvalue weighted by Gasteiger charge is -2.39. The summed E-state index contributed by atoms with van der Waals surface area (Å²) >= 11 is 0. The molecule has 1 aliphatic heterocycles. The van der Waals surface area contributed by atoms with Gasteiger partial charge in [0, 0.05) is 6.08 Å². The number of aliphatic hydroxyl groups excluding tert-OH is 5. The summed E-state index contributed by atoms with van der Waals surface area (Å²) < 4.78 is 15.1. The molecule has 0 aromatic heterocycles. The van der Waals surface area contributed by atoms with E-state index in [1.165, 1.54) is 24.3 Å². The summed E-state index contributed by atoms with van der Waals surface area (Å²) in [6.07, 6.45) is -6.18. The fourth-order valence-corrected chi connectivity index (χ4v) is 2.49. The van der Waals surface area contributed by atoms with Crippen molar-refractivity contribution < 1.29 is 54.8 Å². The molecule has 29 heavy (non-hydrogen) atoms. The average molecular weight is 416 g/mol. The number of phenols is 2. The Bertz CT molecular complexity index is 705. The number of esters is 1. The maximum Gasteiger partial charge on any atom is 0.330 e. The number of carbonyl (C=O) groups is 1. The Labute approximate surface area is 165 Å². The highest BCUT2D eigenvalue weighted by molar-refractivity contribution is 5.87. The minimum Gasteiger partial charge on any atom is -0.504 e. The fourth-order valence-electron chi connectivity index (χ4n) is 2.49. The minimum atomic E-state index is -1.61. The van der Waals surface area contributed by atoms with Crippen LogP contribution in [-0.2, 0) is 19.0 Å². The van der Waals surface area contributed by atoms with Crippen molar-refractivity contribution >= 4 is 12.0 Å². The van der Waals surface area contributed by atoms with Gasteiger partial charge in [0.1, 0.15) is 37.1 Å². The Morgan fingerprint density at radius 3 is 2.48 bits per heavy atom. The highest BCUT2D eigenvalue weighted by Crippen LogP contribution is 2.25. The average Bonchev–Trinajstić information content (AvgIpc) is 2.70. The molecule has 0 amide bonds. The van der Waals surface area contributed by atoms with Crippen LogP contribution in [0.5, 0.6) is 11.5 Å². The van der Waals surface area contributed by atoms with Crippen molar-refractivity contribution in [3.63, 3.8) is 0 Å². The van der Waals surface area contributed by atoms with Gasteiger partial charge in [0.25, 0.3) is 0 Å². The Kier molecular flexibility index (Phi) is 8.34. The Hall–Kier alpha value is -2.25. The van der Waals surface area contributed by atoms with Crippen molar-refractivity contribution in [2.24, 2.45) is 0 Å². The number of hydrogen-bond donors (Lipinski definition) is 7. The number of hydrogen-bond acceptors (Lipinski definition) is 11. The van der Waals surface area contributed by atoms with Crippen molar-refractivity contribution in [2.75, 3.05) is 19.8 Å². The summed E-state index contributed by atoms with van der Waals surface area (Å²) in [5, 5.41) is 66.6. The number of aliphatic hydroxyl groups is 5. The summed E-state index contributed by atoms with van der Waals surface area (Å²) in [5.41, 5.74) is 0.434. The van der Waals surface area contributed by atoms with Gasteiger partial charge in [0.05, 0.1) is 13.2 Å². The van der Waals surface area contributed by atoms with Gasteiger partial charge < -0.3 is 50.0 Å². The maximum atomic E-state index is 11.7. The molecule has 2 rings (SSSR count). The number of carbonyl (C=O) groups excluding carboxylic acids is 1. The summed E-state index contributed by atoms with van der Waals surface area (Å²) in [5.74, 6) is -1.43. The molecule has 162 valence electrons. The molecule has 0 unspecified atom stereocenters. The van der Waals surface area contributed by atoms with Gasteiger partial charge in [0.15, 0.2) is 17.8 Å². The predicted octanol–water partition coefficient (Wildman–Crippen LogP) is -2.17. The van der Waals surface area contributed by atoms with E-state index in [-0.39, 0.29) is 11.5 Å². The third kappa shape index (κ3) is 6.37. The molecule has 1 saturated heterocycles. The molecule has 0 radical (unpaired) electrons. The second-order valence-electron chi connectivity index (χ2n) is 6.40. The molecule has 1 fully saturated rings. The number of benzene rings is 1. The number of rotatable bonds is 8. The van der Waals surface area contributed by atoms with Crippen molar-refractivity contribution in [2.45, 2.75) is 36.8 Å². The number of aromatic hydroxyl groups is 2. The molecule has 1 aromatic carbocycles. The monoisotopic (exact) mass is 416 g/mol. The van der Waals surface area contributed by atoms with Crippen molar-refractivity contribution in [3.8, 4) is 11.5 Å². The summed E-state index contributed by atoms with van der Waals surface area (Å²) in [6, 6.07) is 3.95. The molecule has 1 aliphatic rings. The van der Waals surface area contributed by atoms with Crippen LogP contribution in [-0.4, -0.2) is 98.3 Å². The first-order valence-electron chi connectivity index (χ1n) is 8.70. The van der Waals surface area contributed by atoms with E-state index >= 15 is 0 Å². The second-order valence-corrected chi connectivity index (χ2v) is 6.40. The summed E-state index contributed by atoms with van der Waals surface area (Å²) in [4.78, 5) is 11.7. The Morgan fingerprint density at radius 1 is 1.10 bits per heavy atom. The van der Waals surface area contributed by atoms with E-state index in [0.717, 1.165) is 6.08 Å². The molecule has 0 aliphatic carbocycles. The zero-order valence-electron chi connectivity index (χ0n) is 15.2. The van der Waals surface area contributed by atoms with Crippen molar-refractivity contribution in [1.29, 1.82) is 0 Å². The molecule has 1 heterocycles. The Morgan fingerprint density at radius 2 is 1.83 bits per heavy atom.